The van der Waals surface area contributed by atoms with E-state index in [1.807, 2.05) is 6.07 Å². The van der Waals surface area contributed by atoms with Crippen molar-refractivity contribution in [2.45, 2.75) is 19.3 Å². The van der Waals surface area contributed by atoms with E-state index in [-0.39, 0.29) is 5.41 Å². The zero-order valence-electron chi connectivity index (χ0n) is 30.7. The van der Waals surface area contributed by atoms with Crippen molar-refractivity contribution >= 4 is 27.5 Å². The summed E-state index contributed by atoms with van der Waals surface area (Å²) in [5.41, 5.74) is 19.0. The summed E-state index contributed by atoms with van der Waals surface area (Å²) in [5.74, 6) is 0. The summed E-state index contributed by atoms with van der Waals surface area (Å²) in [6.07, 6.45) is 2.11. The summed E-state index contributed by atoms with van der Waals surface area (Å²) in [6.45, 7) is 4.77. The van der Waals surface area contributed by atoms with Crippen LogP contribution in [0.3, 0.4) is 0 Å². The molecule has 260 valence electrons. The molecule has 3 aromatic heterocycles. The third-order valence-corrected chi connectivity index (χ3v) is 11.7. The van der Waals surface area contributed by atoms with Gasteiger partial charge in [-0.15, -0.1) is 0 Å². The average Bonchev–Trinajstić information content (AvgIpc) is 3.86. The summed E-state index contributed by atoms with van der Waals surface area (Å²) < 4.78 is 4.64. The van der Waals surface area contributed by atoms with Crippen LogP contribution >= 0.6 is 0 Å². The fraction of sp³-hybridized carbons (Fsp3) is 0.0577. The highest BCUT2D eigenvalue weighted by Crippen LogP contribution is 2.54. The molecule has 0 saturated carbocycles. The normalized spacial score (nSPS) is 13.1. The standard InChI is InChI=1S/C52H37N3/c1-52(2)44-26-15-25-40(49(44)43-32-42-41-24-9-10-27-46(41)55(47(42)33-45(43)52)39-22-7-4-8-23-39)37-20-13-18-35(30-37)36-19-14-21-38(31-36)51-50(34-16-5-3-6-17-34)53-48-28-11-12-29-54(48)51/h3-33H,1-2H3. The second kappa shape index (κ2) is 12.0. The van der Waals surface area contributed by atoms with Crippen LogP contribution in [0.15, 0.2) is 188 Å². The summed E-state index contributed by atoms with van der Waals surface area (Å²) >= 11 is 0. The Morgan fingerprint density at radius 3 is 1.93 bits per heavy atom. The van der Waals surface area contributed by atoms with Gasteiger partial charge in [-0.25, -0.2) is 4.98 Å². The van der Waals surface area contributed by atoms with Gasteiger partial charge in [-0.1, -0.05) is 141 Å². The van der Waals surface area contributed by atoms with Crippen molar-refractivity contribution in [1.82, 2.24) is 14.0 Å². The average molecular weight is 704 g/mol. The number of aromatic nitrogens is 3. The summed E-state index contributed by atoms with van der Waals surface area (Å²) in [5, 5.41) is 2.56. The molecule has 0 saturated heterocycles. The Kier molecular flexibility index (Phi) is 6.90. The van der Waals surface area contributed by atoms with E-state index in [0.29, 0.717) is 0 Å². The molecule has 0 spiro atoms. The number of hydrogen-bond acceptors (Lipinski definition) is 1. The van der Waals surface area contributed by atoms with Crippen LogP contribution in [0, 0.1) is 0 Å². The first kappa shape index (κ1) is 31.5. The highest BCUT2D eigenvalue weighted by atomic mass is 15.0. The van der Waals surface area contributed by atoms with Gasteiger partial charge in [0.05, 0.1) is 22.4 Å². The molecule has 0 fully saturated rings. The maximum absolute atomic E-state index is 5.09. The van der Waals surface area contributed by atoms with Gasteiger partial charge in [-0.3, -0.25) is 4.40 Å². The van der Waals surface area contributed by atoms with Crippen molar-refractivity contribution < 1.29 is 0 Å². The molecule has 1 aliphatic rings. The lowest BCUT2D eigenvalue weighted by molar-refractivity contribution is 0.661. The molecular weight excluding hydrogens is 667 g/mol. The first-order valence-electron chi connectivity index (χ1n) is 19.1. The lowest BCUT2D eigenvalue weighted by Crippen LogP contribution is -2.15. The van der Waals surface area contributed by atoms with E-state index >= 15 is 0 Å². The molecule has 55 heavy (non-hydrogen) atoms. The zero-order valence-corrected chi connectivity index (χ0v) is 30.7. The SMILES string of the molecule is CC1(C)c2cc3c(cc2-c2c(-c4cccc(-c5cccc(-c6c(-c7ccccc7)nc7ccccn67)c5)c4)cccc21)c1ccccc1n3-c1ccccc1. The maximum Gasteiger partial charge on any atom is 0.137 e. The minimum Gasteiger partial charge on any atom is -0.309 e. The molecule has 0 bridgehead atoms. The van der Waals surface area contributed by atoms with Gasteiger partial charge in [0.1, 0.15) is 5.65 Å². The number of benzene rings is 7. The van der Waals surface area contributed by atoms with Gasteiger partial charge in [0.15, 0.2) is 0 Å². The highest BCUT2D eigenvalue weighted by molar-refractivity contribution is 6.12. The van der Waals surface area contributed by atoms with Crippen molar-refractivity contribution in [2.24, 2.45) is 0 Å². The van der Waals surface area contributed by atoms with Crippen molar-refractivity contribution in [3.05, 3.63) is 199 Å². The first-order chi connectivity index (χ1) is 27.0. The van der Waals surface area contributed by atoms with E-state index in [0.717, 1.165) is 28.2 Å². The van der Waals surface area contributed by atoms with Crippen molar-refractivity contribution in [2.75, 3.05) is 0 Å². The monoisotopic (exact) mass is 703 g/mol. The molecule has 3 nitrogen and oxygen atoms in total. The van der Waals surface area contributed by atoms with Crippen LogP contribution in [-0.4, -0.2) is 14.0 Å². The van der Waals surface area contributed by atoms with Gasteiger partial charge in [-0.2, -0.15) is 0 Å². The fourth-order valence-electron chi connectivity index (χ4n) is 9.12. The Bertz CT molecular complexity index is 3110. The van der Waals surface area contributed by atoms with E-state index in [4.69, 9.17) is 4.98 Å². The topological polar surface area (TPSA) is 22.2 Å². The molecule has 0 atom stereocenters. The molecule has 1 aliphatic carbocycles. The quantitative estimate of drug-likeness (QED) is 0.175. The Hall–Kier alpha value is -6.97. The Morgan fingerprint density at radius 1 is 0.455 bits per heavy atom. The molecule has 0 N–H and O–H groups in total. The molecule has 10 aromatic rings. The van der Waals surface area contributed by atoms with E-state index < -0.39 is 0 Å². The van der Waals surface area contributed by atoms with Gasteiger partial charge in [0, 0.05) is 39.2 Å². The molecule has 0 radical (unpaired) electrons. The minimum absolute atomic E-state index is 0.163. The smallest absolute Gasteiger partial charge is 0.137 e. The molecular formula is C52H37N3. The number of fused-ring (bicyclic) bond motifs is 7. The third-order valence-electron chi connectivity index (χ3n) is 11.7. The summed E-state index contributed by atoms with van der Waals surface area (Å²) in [4.78, 5) is 5.09. The van der Waals surface area contributed by atoms with Crippen LogP contribution in [0.1, 0.15) is 25.0 Å². The van der Waals surface area contributed by atoms with Crippen LogP contribution < -0.4 is 0 Å². The largest absolute Gasteiger partial charge is 0.309 e. The second-order valence-electron chi connectivity index (χ2n) is 15.2. The zero-order chi connectivity index (χ0) is 36.7. The number of para-hydroxylation sites is 2. The molecule has 0 amide bonds. The van der Waals surface area contributed by atoms with Crippen LogP contribution in [0.5, 0.6) is 0 Å². The van der Waals surface area contributed by atoms with Gasteiger partial charge in [0.25, 0.3) is 0 Å². The van der Waals surface area contributed by atoms with Crippen molar-refractivity contribution in [1.29, 1.82) is 0 Å². The maximum atomic E-state index is 5.09. The van der Waals surface area contributed by atoms with Crippen LogP contribution in [0.25, 0.3) is 89.0 Å². The minimum atomic E-state index is -0.163. The lowest BCUT2D eigenvalue weighted by atomic mass is 9.81. The van der Waals surface area contributed by atoms with Gasteiger partial charge in [-0.05, 0) is 99.1 Å². The van der Waals surface area contributed by atoms with E-state index in [2.05, 4.69) is 205 Å². The Morgan fingerprint density at radius 2 is 1.11 bits per heavy atom. The van der Waals surface area contributed by atoms with Gasteiger partial charge >= 0.3 is 0 Å². The number of rotatable bonds is 5. The molecule has 3 heterocycles. The lowest BCUT2D eigenvalue weighted by Gasteiger charge is -2.22. The first-order valence-corrected chi connectivity index (χ1v) is 19.1. The van der Waals surface area contributed by atoms with Crippen LogP contribution in [-0.2, 0) is 5.41 Å². The molecule has 3 heteroatoms. The molecule has 11 rings (SSSR count). The van der Waals surface area contributed by atoms with Gasteiger partial charge < -0.3 is 4.57 Å². The predicted molar refractivity (Wildman–Crippen MR) is 229 cm³/mol. The van der Waals surface area contributed by atoms with E-state index in [1.165, 1.54) is 72.0 Å². The van der Waals surface area contributed by atoms with E-state index in [1.54, 1.807) is 0 Å². The Labute approximate surface area is 320 Å². The number of nitrogens with zero attached hydrogens (tertiary/aromatic N) is 3. The van der Waals surface area contributed by atoms with Crippen LogP contribution in [0.4, 0.5) is 0 Å². The third kappa shape index (κ3) is 4.79. The van der Waals surface area contributed by atoms with Crippen molar-refractivity contribution in [3.8, 4) is 61.6 Å². The number of hydrogen-bond donors (Lipinski definition) is 0. The summed E-state index contributed by atoms with van der Waals surface area (Å²) in [7, 11) is 0. The highest BCUT2D eigenvalue weighted by Gasteiger charge is 2.38. The predicted octanol–water partition coefficient (Wildman–Crippen LogP) is 13.4. The van der Waals surface area contributed by atoms with E-state index in [9.17, 15) is 0 Å². The second-order valence-corrected chi connectivity index (χ2v) is 15.2. The number of pyridine rings is 1. The number of imidazole rings is 1. The van der Waals surface area contributed by atoms with Crippen molar-refractivity contribution in [3.63, 3.8) is 0 Å². The molecule has 7 aromatic carbocycles. The molecule has 0 unspecified atom stereocenters. The molecule has 0 aliphatic heterocycles. The van der Waals surface area contributed by atoms with Gasteiger partial charge in [0.2, 0.25) is 0 Å². The fourth-order valence-corrected chi connectivity index (χ4v) is 9.12. The summed E-state index contributed by atoms with van der Waals surface area (Å²) in [6, 6.07) is 66.1. The Balaban J connectivity index is 1.06. The van der Waals surface area contributed by atoms with Crippen LogP contribution in [0.2, 0.25) is 0 Å².